The van der Waals surface area contributed by atoms with Gasteiger partial charge in [0.05, 0.1) is 5.39 Å². The smallest absolute Gasteiger partial charge is 0.341 e. The van der Waals surface area contributed by atoms with Crippen LogP contribution in [0.4, 0.5) is 5.95 Å². The molecule has 4 rings (SSSR count). The van der Waals surface area contributed by atoms with E-state index in [0.29, 0.717) is 23.7 Å². The first-order chi connectivity index (χ1) is 11.9. The molecule has 1 saturated carbocycles. The van der Waals surface area contributed by atoms with Crippen LogP contribution in [0, 0.1) is 0 Å². The molecular weight excluding hydrogens is 322 g/mol. The van der Waals surface area contributed by atoms with Crippen LogP contribution in [0.5, 0.6) is 0 Å². The summed E-state index contributed by atoms with van der Waals surface area (Å²) in [6.45, 7) is 5.80. The van der Waals surface area contributed by atoms with Crippen molar-refractivity contribution in [3.8, 4) is 0 Å². The van der Waals surface area contributed by atoms with Gasteiger partial charge in [-0.1, -0.05) is 0 Å². The second-order valence-electron chi connectivity index (χ2n) is 7.10. The number of hydrogen-bond acceptors (Lipinski definition) is 6. The SMILES string of the molecule is CC1CN(c2ncc3c(=O)c(C(=O)O)cn(C4CC4)c3n2)CC(C)N1. The van der Waals surface area contributed by atoms with E-state index < -0.39 is 11.4 Å². The highest BCUT2D eigenvalue weighted by Gasteiger charge is 2.29. The van der Waals surface area contributed by atoms with E-state index in [1.165, 1.54) is 12.4 Å². The van der Waals surface area contributed by atoms with Crippen LogP contribution in [0.1, 0.15) is 43.1 Å². The Morgan fingerprint density at radius 3 is 2.56 bits per heavy atom. The first kappa shape index (κ1) is 16.0. The molecule has 0 bridgehead atoms. The molecular formula is C17H21N5O3. The summed E-state index contributed by atoms with van der Waals surface area (Å²) in [5.74, 6) is -0.625. The highest BCUT2D eigenvalue weighted by molar-refractivity contribution is 5.91. The lowest BCUT2D eigenvalue weighted by molar-refractivity contribution is 0.0695. The fourth-order valence-corrected chi connectivity index (χ4v) is 3.55. The molecule has 25 heavy (non-hydrogen) atoms. The number of nitrogens with zero attached hydrogens (tertiary/aromatic N) is 4. The van der Waals surface area contributed by atoms with E-state index in [0.717, 1.165) is 25.9 Å². The molecule has 2 N–H and O–H groups in total. The molecule has 1 aliphatic heterocycles. The maximum absolute atomic E-state index is 12.5. The van der Waals surface area contributed by atoms with Crippen LogP contribution < -0.4 is 15.6 Å². The van der Waals surface area contributed by atoms with Gasteiger partial charge in [0.25, 0.3) is 0 Å². The van der Waals surface area contributed by atoms with Gasteiger partial charge in [-0.3, -0.25) is 4.79 Å². The summed E-state index contributed by atoms with van der Waals surface area (Å²) < 4.78 is 1.83. The van der Waals surface area contributed by atoms with E-state index in [1.54, 1.807) is 0 Å². The molecule has 2 aliphatic rings. The van der Waals surface area contributed by atoms with Crippen LogP contribution in [0.25, 0.3) is 11.0 Å². The van der Waals surface area contributed by atoms with Crippen LogP contribution in [0.15, 0.2) is 17.2 Å². The molecule has 8 heteroatoms. The Labute approximate surface area is 144 Å². The largest absolute Gasteiger partial charge is 0.477 e. The maximum Gasteiger partial charge on any atom is 0.341 e. The number of fused-ring (bicyclic) bond motifs is 1. The summed E-state index contributed by atoms with van der Waals surface area (Å²) >= 11 is 0. The first-order valence-electron chi connectivity index (χ1n) is 8.60. The van der Waals surface area contributed by atoms with Crippen molar-refractivity contribution in [3.63, 3.8) is 0 Å². The van der Waals surface area contributed by atoms with Crippen molar-refractivity contribution in [2.24, 2.45) is 0 Å². The van der Waals surface area contributed by atoms with E-state index in [2.05, 4.69) is 34.0 Å². The number of aromatic carboxylic acids is 1. The van der Waals surface area contributed by atoms with Gasteiger partial charge >= 0.3 is 5.97 Å². The van der Waals surface area contributed by atoms with Crippen LogP contribution in [0.2, 0.25) is 0 Å². The van der Waals surface area contributed by atoms with Crippen molar-refractivity contribution in [1.29, 1.82) is 0 Å². The summed E-state index contributed by atoms with van der Waals surface area (Å²) in [4.78, 5) is 35.0. The Bertz CT molecular complexity index is 895. The third kappa shape index (κ3) is 2.86. The molecule has 3 heterocycles. The van der Waals surface area contributed by atoms with Crippen molar-refractivity contribution in [1.82, 2.24) is 19.9 Å². The third-order valence-electron chi connectivity index (χ3n) is 4.77. The lowest BCUT2D eigenvalue weighted by atomic mass is 10.1. The monoisotopic (exact) mass is 343 g/mol. The quantitative estimate of drug-likeness (QED) is 0.858. The number of carboxylic acids is 1. The molecule has 132 valence electrons. The summed E-state index contributed by atoms with van der Waals surface area (Å²) in [5.41, 5.74) is -0.213. The summed E-state index contributed by atoms with van der Waals surface area (Å²) in [7, 11) is 0. The van der Waals surface area contributed by atoms with Gasteiger partial charge in [-0.05, 0) is 26.7 Å². The van der Waals surface area contributed by atoms with Crippen LogP contribution >= 0.6 is 0 Å². The average molecular weight is 343 g/mol. The van der Waals surface area contributed by atoms with Gasteiger partial charge < -0.3 is 19.9 Å². The molecule has 2 unspecified atom stereocenters. The topological polar surface area (TPSA) is 100 Å². The minimum atomic E-state index is -1.21. The van der Waals surface area contributed by atoms with E-state index in [-0.39, 0.29) is 17.0 Å². The predicted octanol–water partition coefficient (Wildman–Crippen LogP) is 1.01. The number of anilines is 1. The summed E-state index contributed by atoms with van der Waals surface area (Å²) in [5, 5.41) is 13.0. The maximum atomic E-state index is 12.5. The summed E-state index contributed by atoms with van der Waals surface area (Å²) in [6, 6.07) is 0.857. The van der Waals surface area contributed by atoms with Gasteiger partial charge in [-0.15, -0.1) is 0 Å². The number of aromatic nitrogens is 3. The highest BCUT2D eigenvalue weighted by atomic mass is 16.4. The second-order valence-corrected chi connectivity index (χ2v) is 7.10. The first-order valence-corrected chi connectivity index (χ1v) is 8.60. The Morgan fingerprint density at radius 2 is 1.96 bits per heavy atom. The molecule has 2 aromatic heterocycles. The third-order valence-corrected chi connectivity index (χ3v) is 4.77. The van der Waals surface area contributed by atoms with Crippen molar-refractivity contribution >= 4 is 23.0 Å². The zero-order valence-electron chi connectivity index (χ0n) is 14.3. The predicted molar refractivity (Wildman–Crippen MR) is 93.3 cm³/mol. The van der Waals surface area contributed by atoms with E-state index >= 15 is 0 Å². The number of piperazine rings is 1. The minimum absolute atomic E-state index is 0.213. The molecule has 0 radical (unpaired) electrons. The Morgan fingerprint density at radius 1 is 1.28 bits per heavy atom. The van der Waals surface area contributed by atoms with Gasteiger partial charge in [0.2, 0.25) is 11.4 Å². The molecule has 2 atom stereocenters. The number of rotatable bonds is 3. The Hall–Kier alpha value is -2.48. The Balaban J connectivity index is 1.85. The number of carbonyl (C=O) groups is 1. The zero-order valence-corrected chi connectivity index (χ0v) is 14.3. The number of carboxylic acid groups (broad SMARTS) is 1. The van der Waals surface area contributed by atoms with Gasteiger partial charge in [-0.25, -0.2) is 9.78 Å². The van der Waals surface area contributed by atoms with Crippen molar-refractivity contribution in [3.05, 3.63) is 28.2 Å². The van der Waals surface area contributed by atoms with Crippen LogP contribution in [0.3, 0.4) is 0 Å². The fourth-order valence-electron chi connectivity index (χ4n) is 3.55. The van der Waals surface area contributed by atoms with Crippen LogP contribution in [-0.4, -0.2) is 50.8 Å². The lowest BCUT2D eigenvalue weighted by Crippen LogP contribution is -2.54. The lowest BCUT2D eigenvalue weighted by Gasteiger charge is -2.36. The van der Waals surface area contributed by atoms with E-state index in [1.807, 2.05) is 4.57 Å². The molecule has 1 aliphatic carbocycles. The molecule has 8 nitrogen and oxygen atoms in total. The number of pyridine rings is 1. The number of hydrogen-bond donors (Lipinski definition) is 2. The fraction of sp³-hybridized carbons (Fsp3) is 0.529. The van der Waals surface area contributed by atoms with Crippen molar-refractivity contribution in [2.45, 2.75) is 44.8 Å². The van der Waals surface area contributed by atoms with E-state index in [4.69, 9.17) is 0 Å². The van der Waals surface area contributed by atoms with Crippen LogP contribution in [-0.2, 0) is 0 Å². The summed E-state index contributed by atoms with van der Waals surface area (Å²) in [6.07, 6.45) is 4.85. The molecule has 0 amide bonds. The standard InChI is InChI=1S/C17H21N5O3/c1-9-6-21(7-10(2)19-9)17-18-5-12-14(23)13(16(24)25)8-22(11-3-4-11)15(12)20-17/h5,8-11,19H,3-4,6-7H2,1-2H3,(H,24,25). The molecule has 2 aromatic rings. The van der Waals surface area contributed by atoms with Gasteiger partial charge in [0, 0.05) is 43.6 Å². The highest BCUT2D eigenvalue weighted by Crippen LogP contribution is 2.36. The van der Waals surface area contributed by atoms with Crippen molar-refractivity contribution < 1.29 is 9.90 Å². The number of nitrogens with one attached hydrogen (secondary N) is 1. The zero-order chi connectivity index (χ0) is 17.7. The molecule has 0 aromatic carbocycles. The minimum Gasteiger partial charge on any atom is -0.477 e. The second kappa shape index (κ2) is 5.80. The Kier molecular flexibility index (Phi) is 3.72. The average Bonchev–Trinajstić information content (AvgIpc) is 3.38. The normalized spacial score (nSPS) is 23.8. The van der Waals surface area contributed by atoms with E-state index in [9.17, 15) is 14.7 Å². The molecule has 1 saturated heterocycles. The van der Waals surface area contributed by atoms with Crippen molar-refractivity contribution in [2.75, 3.05) is 18.0 Å². The van der Waals surface area contributed by atoms with Gasteiger partial charge in [0.15, 0.2) is 0 Å². The van der Waals surface area contributed by atoms with Gasteiger partial charge in [-0.2, -0.15) is 4.98 Å². The molecule has 2 fully saturated rings. The van der Waals surface area contributed by atoms with Gasteiger partial charge in [0.1, 0.15) is 11.2 Å². The molecule has 0 spiro atoms.